The maximum absolute atomic E-state index is 11.8. The van der Waals surface area contributed by atoms with E-state index in [0.29, 0.717) is 5.69 Å². The first kappa shape index (κ1) is 14.8. The summed E-state index contributed by atoms with van der Waals surface area (Å²) >= 11 is 0. The average molecular weight is 265 g/mol. The number of nitrogens with zero attached hydrogens (tertiary/aromatic N) is 2. The van der Waals surface area contributed by atoms with Crippen LogP contribution in [0, 0.1) is 6.92 Å². The van der Waals surface area contributed by atoms with Crippen LogP contribution in [0.1, 0.15) is 5.56 Å². The van der Waals surface area contributed by atoms with Gasteiger partial charge in [0.1, 0.15) is 6.54 Å². The molecule has 1 rings (SSSR count). The summed E-state index contributed by atoms with van der Waals surface area (Å²) < 4.78 is 0. The molecule has 0 saturated carbocycles. The van der Waals surface area contributed by atoms with Crippen molar-refractivity contribution in [2.24, 2.45) is 0 Å². The van der Waals surface area contributed by atoms with Gasteiger partial charge in [0, 0.05) is 32.5 Å². The number of urea groups is 1. The lowest BCUT2D eigenvalue weighted by Crippen LogP contribution is -2.35. The van der Waals surface area contributed by atoms with Gasteiger partial charge in [-0.15, -0.1) is 0 Å². The fourth-order valence-corrected chi connectivity index (χ4v) is 1.66. The first-order chi connectivity index (χ1) is 8.81. The number of carbonyl (C=O) groups is 2. The highest BCUT2D eigenvalue weighted by molar-refractivity contribution is 5.91. The summed E-state index contributed by atoms with van der Waals surface area (Å²) in [7, 11) is 5.28. The molecule has 0 saturated heterocycles. The van der Waals surface area contributed by atoms with Gasteiger partial charge >= 0.3 is 12.0 Å². The molecule has 0 bridgehead atoms. The topological polar surface area (TPSA) is 72.9 Å². The zero-order valence-electron chi connectivity index (χ0n) is 11.6. The Morgan fingerprint density at radius 1 is 1.26 bits per heavy atom. The van der Waals surface area contributed by atoms with E-state index in [1.165, 1.54) is 7.05 Å². The molecule has 0 unspecified atom stereocenters. The zero-order chi connectivity index (χ0) is 14.6. The minimum Gasteiger partial charge on any atom is -0.480 e. The van der Waals surface area contributed by atoms with Crippen molar-refractivity contribution in [1.82, 2.24) is 4.90 Å². The van der Waals surface area contributed by atoms with Crippen molar-refractivity contribution in [2.75, 3.05) is 37.9 Å². The molecular formula is C13H19N3O3. The number of benzene rings is 1. The van der Waals surface area contributed by atoms with Crippen molar-refractivity contribution in [3.8, 4) is 0 Å². The molecule has 104 valence electrons. The lowest BCUT2D eigenvalue weighted by atomic mass is 10.1. The molecular weight excluding hydrogens is 246 g/mol. The molecule has 0 fully saturated rings. The van der Waals surface area contributed by atoms with Gasteiger partial charge in [-0.25, -0.2) is 4.79 Å². The zero-order valence-corrected chi connectivity index (χ0v) is 11.6. The van der Waals surface area contributed by atoms with Gasteiger partial charge in [-0.3, -0.25) is 4.79 Å². The molecule has 0 spiro atoms. The lowest BCUT2D eigenvalue weighted by Gasteiger charge is -2.19. The van der Waals surface area contributed by atoms with Crippen molar-refractivity contribution >= 4 is 23.4 Å². The molecule has 0 radical (unpaired) electrons. The first-order valence-electron chi connectivity index (χ1n) is 5.83. The summed E-state index contributed by atoms with van der Waals surface area (Å²) in [6.45, 7) is 1.65. The van der Waals surface area contributed by atoms with E-state index in [-0.39, 0.29) is 6.54 Å². The van der Waals surface area contributed by atoms with Crippen molar-refractivity contribution in [1.29, 1.82) is 0 Å². The fourth-order valence-electron chi connectivity index (χ4n) is 1.66. The monoisotopic (exact) mass is 265 g/mol. The number of hydrogen-bond acceptors (Lipinski definition) is 3. The standard InChI is InChI=1S/C13H19N3O3/c1-9-5-6-10(7-11(9)15(2)3)14-13(19)16(4)8-12(17)18/h5-7H,8H2,1-4H3,(H,14,19)(H,17,18). The van der Waals surface area contributed by atoms with Crippen LogP contribution in [0.15, 0.2) is 18.2 Å². The lowest BCUT2D eigenvalue weighted by molar-refractivity contribution is -0.137. The van der Waals surface area contributed by atoms with E-state index in [1.807, 2.05) is 38.1 Å². The molecule has 0 aliphatic heterocycles. The Hall–Kier alpha value is -2.24. The van der Waals surface area contributed by atoms with E-state index in [0.717, 1.165) is 16.2 Å². The van der Waals surface area contributed by atoms with E-state index in [2.05, 4.69) is 5.32 Å². The number of aliphatic carboxylic acids is 1. The molecule has 0 aliphatic rings. The summed E-state index contributed by atoms with van der Waals surface area (Å²) in [5.41, 5.74) is 2.73. The summed E-state index contributed by atoms with van der Waals surface area (Å²) in [6, 6.07) is 5.09. The van der Waals surface area contributed by atoms with Gasteiger partial charge in [-0.2, -0.15) is 0 Å². The Bertz CT molecular complexity index is 486. The third-order valence-electron chi connectivity index (χ3n) is 2.66. The third kappa shape index (κ3) is 4.17. The van der Waals surface area contributed by atoms with Crippen molar-refractivity contribution in [3.05, 3.63) is 23.8 Å². The van der Waals surface area contributed by atoms with Crippen molar-refractivity contribution < 1.29 is 14.7 Å². The van der Waals surface area contributed by atoms with Gasteiger partial charge in [0.2, 0.25) is 0 Å². The van der Waals surface area contributed by atoms with E-state index in [1.54, 1.807) is 6.07 Å². The van der Waals surface area contributed by atoms with Crippen LogP contribution in [0.5, 0.6) is 0 Å². The molecule has 0 atom stereocenters. The highest BCUT2D eigenvalue weighted by Crippen LogP contribution is 2.22. The Labute approximate surface area is 112 Å². The largest absolute Gasteiger partial charge is 0.480 e. The molecule has 2 N–H and O–H groups in total. The molecule has 0 aliphatic carbocycles. The van der Waals surface area contributed by atoms with E-state index in [4.69, 9.17) is 5.11 Å². The molecule has 19 heavy (non-hydrogen) atoms. The number of likely N-dealkylation sites (N-methyl/N-ethyl adjacent to an activating group) is 1. The van der Waals surface area contributed by atoms with Crippen LogP contribution in [-0.2, 0) is 4.79 Å². The summed E-state index contributed by atoms with van der Waals surface area (Å²) in [5, 5.41) is 11.3. The van der Waals surface area contributed by atoms with Crippen LogP contribution in [0.25, 0.3) is 0 Å². The quantitative estimate of drug-likeness (QED) is 0.867. The molecule has 1 aromatic carbocycles. The minimum absolute atomic E-state index is 0.335. The van der Waals surface area contributed by atoms with Crippen molar-refractivity contribution in [2.45, 2.75) is 6.92 Å². The number of nitrogens with one attached hydrogen (secondary N) is 1. The minimum atomic E-state index is -1.05. The average Bonchev–Trinajstić information content (AvgIpc) is 2.30. The molecule has 2 amide bonds. The van der Waals surface area contributed by atoms with Crippen molar-refractivity contribution in [3.63, 3.8) is 0 Å². The third-order valence-corrected chi connectivity index (χ3v) is 2.66. The highest BCUT2D eigenvalue weighted by Gasteiger charge is 2.12. The molecule has 1 aromatic rings. The normalized spacial score (nSPS) is 9.89. The predicted molar refractivity (Wildman–Crippen MR) is 74.8 cm³/mol. The predicted octanol–water partition coefficient (Wildman–Crippen LogP) is 1.61. The van der Waals surface area contributed by atoms with Gasteiger partial charge in [0.15, 0.2) is 0 Å². The van der Waals surface area contributed by atoms with E-state index < -0.39 is 12.0 Å². The second kappa shape index (κ2) is 6.08. The fraction of sp³-hybridized carbons (Fsp3) is 0.385. The Balaban J connectivity index is 2.80. The van der Waals surface area contributed by atoms with Gasteiger partial charge in [-0.1, -0.05) is 6.07 Å². The number of rotatable bonds is 4. The SMILES string of the molecule is Cc1ccc(NC(=O)N(C)CC(=O)O)cc1N(C)C. The number of aryl methyl sites for hydroxylation is 1. The van der Waals surface area contributed by atoms with Gasteiger partial charge in [0.25, 0.3) is 0 Å². The van der Waals surface area contributed by atoms with Crippen LogP contribution < -0.4 is 10.2 Å². The smallest absolute Gasteiger partial charge is 0.323 e. The maximum atomic E-state index is 11.8. The summed E-state index contributed by atoms with van der Waals surface area (Å²) in [5.74, 6) is -1.05. The van der Waals surface area contributed by atoms with Crippen LogP contribution in [0.2, 0.25) is 0 Å². The number of carbonyl (C=O) groups excluding carboxylic acids is 1. The Kier molecular flexibility index (Phi) is 4.74. The number of hydrogen-bond donors (Lipinski definition) is 2. The Morgan fingerprint density at radius 2 is 1.89 bits per heavy atom. The van der Waals surface area contributed by atoms with Crippen LogP contribution in [-0.4, -0.2) is 49.7 Å². The van der Waals surface area contributed by atoms with Crippen LogP contribution in [0.4, 0.5) is 16.2 Å². The second-order valence-electron chi connectivity index (χ2n) is 4.58. The number of carboxylic acids is 1. The van der Waals surface area contributed by atoms with Gasteiger partial charge in [-0.05, 0) is 24.6 Å². The Morgan fingerprint density at radius 3 is 2.42 bits per heavy atom. The van der Waals surface area contributed by atoms with Gasteiger partial charge in [0.05, 0.1) is 0 Å². The summed E-state index contributed by atoms with van der Waals surface area (Å²) in [6.07, 6.45) is 0. The van der Waals surface area contributed by atoms with E-state index in [9.17, 15) is 9.59 Å². The number of carboxylic acid groups (broad SMARTS) is 1. The maximum Gasteiger partial charge on any atom is 0.323 e. The molecule has 0 heterocycles. The highest BCUT2D eigenvalue weighted by atomic mass is 16.4. The van der Waals surface area contributed by atoms with E-state index >= 15 is 0 Å². The first-order valence-corrected chi connectivity index (χ1v) is 5.83. The number of anilines is 2. The molecule has 6 nitrogen and oxygen atoms in total. The number of amides is 2. The van der Waals surface area contributed by atoms with Crippen LogP contribution >= 0.6 is 0 Å². The summed E-state index contributed by atoms with van der Waals surface area (Å²) in [4.78, 5) is 25.3. The van der Waals surface area contributed by atoms with Gasteiger partial charge < -0.3 is 20.2 Å². The van der Waals surface area contributed by atoms with Crippen LogP contribution in [0.3, 0.4) is 0 Å². The second-order valence-corrected chi connectivity index (χ2v) is 4.58. The molecule has 0 aromatic heterocycles. The molecule has 6 heteroatoms.